The van der Waals surface area contributed by atoms with Gasteiger partial charge in [-0.15, -0.1) is 0 Å². The molecule has 3 heteroatoms. The Morgan fingerprint density at radius 3 is 2.81 bits per heavy atom. The molecule has 0 amide bonds. The van der Waals surface area contributed by atoms with Gasteiger partial charge in [0.15, 0.2) is 0 Å². The van der Waals surface area contributed by atoms with Crippen LogP contribution in [0.5, 0.6) is 5.75 Å². The first-order chi connectivity index (χ1) is 7.74. The van der Waals surface area contributed by atoms with E-state index in [1.54, 1.807) is 14.0 Å². The third kappa shape index (κ3) is 4.45. The maximum atomic E-state index is 10.7. The summed E-state index contributed by atoms with van der Waals surface area (Å²) in [5.41, 5.74) is 1.15. The van der Waals surface area contributed by atoms with Crippen LogP contribution < -0.4 is 10.1 Å². The second kappa shape index (κ2) is 7.01. The molecule has 0 aliphatic heterocycles. The molecule has 88 valence electrons. The highest BCUT2D eigenvalue weighted by atomic mass is 16.5. The van der Waals surface area contributed by atoms with Gasteiger partial charge >= 0.3 is 0 Å². The maximum absolute atomic E-state index is 10.7. The summed E-state index contributed by atoms with van der Waals surface area (Å²) in [4.78, 5) is 10.7. The third-order valence-electron chi connectivity index (χ3n) is 2.39. The minimum atomic E-state index is 0.249. The molecule has 0 atom stereocenters. The lowest BCUT2D eigenvalue weighted by Gasteiger charge is -2.08. The van der Waals surface area contributed by atoms with E-state index in [0.717, 1.165) is 30.8 Å². The van der Waals surface area contributed by atoms with E-state index in [2.05, 4.69) is 5.32 Å². The number of hydrogen-bond donors (Lipinski definition) is 1. The molecule has 1 aromatic rings. The molecule has 0 saturated carbocycles. The Kier molecular flexibility index (Phi) is 5.57. The first-order valence-corrected chi connectivity index (χ1v) is 5.56. The van der Waals surface area contributed by atoms with E-state index in [0.29, 0.717) is 6.42 Å². The van der Waals surface area contributed by atoms with Crippen LogP contribution in [-0.2, 0) is 11.3 Å². The van der Waals surface area contributed by atoms with Crippen molar-refractivity contribution in [2.45, 2.75) is 26.3 Å². The van der Waals surface area contributed by atoms with Crippen LogP contribution in [0.15, 0.2) is 24.3 Å². The molecule has 1 N–H and O–H groups in total. The molecule has 0 heterocycles. The molecular formula is C13H19NO2. The quantitative estimate of drug-likeness (QED) is 0.717. The summed E-state index contributed by atoms with van der Waals surface area (Å²) in [5.74, 6) is 1.15. The summed E-state index contributed by atoms with van der Waals surface area (Å²) in [6.45, 7) is 3.26. The highest BCUT2D eigenvalue weighted by Crippen LogP contribution is 2.16. The van der Waals surface area contributed by atoms with Crippen LogP contribution >= 0.6 is 0 Å². The van der Waals surface area contributed by atoms with Crippen molar-refractivity contribution in [3.05, 3.63) is 29.8 Å². The topological polar surface area (TPSA) is 38.3 Å². The lowest BCUT2D eigenvalue weighted by molar-refractivity contribution is -0.117. The second-order valence-electron chi connectivity index (χ2n) is 3.79. The van der Waals surface area contributed by atoms with Crippen molar-refractivity contribution >= 4 is 5.78 Å². The first kappa shape index (κ1) is 12.7. The first-order valence-electron chi connectivity index (χ1n) is 5.56. The van der Waals surface area contributed by atoms with Crippen molar-refractivity contribution in [3.8, 4) is 5.75 Å². The molecule has 16 heavy (non-hydrogen) atoms. The molecule has 0 fully saturated rings. The Hall–Kier alpha value is -1.35. The van der Waals surface area contributed by atoms with E-state index >= 15 is 0 Å². The number of nitrogens with one attached hydrogen (secondary N) is 1. The van der Waals surface area contributed by atoms with Gasteiger partial charge in [0.1, 0.15) is 11.5 Å². The van der Waals surface area contributed by atoms with E-state index in [1.807, 2.05) is 24.3 Å². The van der Waals surface area contributed by atoms with Crippen molar-refractivity contribution < 1.29 is 9.53 Å². The molecule has 1 aromatic carbocycles. The van der Waals surface area contributed by atoms with Gasteiger partial charge in [0.05, 0.1) is 7.11 Å². The summed E-state index contributed by atoms with van der Waals surface area (Å²) >= 11 is 0. The standard InChI is InChI=1S/C13H19NO2/c1-11(15)6-5-9-14-10-12-7-3-4-8-13(12)16-2/h3-4,7-8,14H,5-6,9-10H2,1-2H3. The van der Waals surface area contributed by atoms with Crippen LogP contribution in [0.25, 0.3) is 0 Å². The average Bonchev–Trinajstić information content (AvgIpc) is 2.29. The molecule has 0 aromatic heterocycles. The van der Waals surface area contributed by atoms with E-state index in [-0.39, 0.29) is 5.78 Å². The van der Waals surface area contributed by atoms with Crippen LogP contribution in [0.4, 0.5) is 0 Å². The fourth-order valence-corrected chi connectivity index (χ4v) is 1.53. The number of carbonyl (C=O) groups excluding carboxylic acids is 1. The van der Waals surface area contributed by atoms with Crippen LogP contribution in [0, 0.1) is 0 Å². The van der Waals surface area contributed by atoms with Crippen molar-refractivity contribution in [2.75, 3.05) is 13.7 Å². The monoisotopic (exact) mass is 221 g/mol. The van der Waals surface area contributed by atoms with E-state index in [9.17, 15) is 4.79 Å². The molecule has 1 rings (SSSR count). The third-order valence-corrected chi connectivity index (χ3v) is 2.39. The van der Waals surface area contributed by atoms with Gasteiger partial charge in [-0.1, -0.05) is 18.2 Å². The molecule has 0 bridgehead atoms. The van der Waals surface area contributed by atoms with Gasteiger partial charge in [-0.3, -0.25) is 0 Å². The van der Waals surface area contributed by atoms with Crippen molar-refractivity contribution in [3.63, 3.8) is 0 Å². The van der Waals surface area contributed by atoms with Crippen LogP contribution in [0.1, 0.15) is 25.3 Å². The molecule has 0 unspecified atom stereocenters. The Balaban J connectivity index is 2.28. The van der Waals surface area contributed by atoms with Gasteiger partial charge in [0.25, 0.3) is 0 Å². The van der Waals surface area contributed by atoms with Gasteiger partial charge in [0.2, 0.25) is 0 Å². The summed E-state index contributed by atoms with van der Waals surface area (Å²) in [7, 11) is 1.68. The number of para-hydroxylation sites is 1. The largest absolute Gasteiger partial charge is 0.496 e. The number of ketones is 1. The fraction of sp³-hybridized carbons (Fsp3) is 0.462. The van der Waals surface area contributed by atoms with E-state index < -0.39 is 0 Å². The zero-order valence-electron chi connectivity index (χ0n) is 9.95. The van der Waals surface area contributed by atoms with Crippen molar-refractivity contribution in [2.24, 2.45) is 0 Å². The highest BCUT2D eigenvalue weighted by Gasteiger charge is 2.00. The predicted octanol–water partition coefficient (Wildman–Crippen LogP) is 2.15. The van der Waals surface area contributed by atoms with Crippen molar-refractivity contribution in [1.82, 2.24) is 5.32 Å². The van der Waals surface area contributed by atoms with Crippen LogP contribution in [-0.4, -0.2) is 19.4 Å². The number of carbonyl (C=O) groups is 1. The average molecular weight is 221 g/mol. The smallest absolute Gasteiger partial charge is 0.129 e. The molecule has 0 saturated heterocycles. The van der Waals surface area contributed by atoms with Crippen molar-refractivity contribution in [1.29, 1.82) is 0 Å². The minimum absolute atomic E-state index is 0.249. The van der Waals surface area contributed by atoms with Gasteiger partial charge in [-0.25, -0.2) is 0 Å². The molecular weight excluding hydrogens is 202 g/mol. The number of methoxy groups -OCH3 is 1. The molecule has 0 spiro atoms. The Bertz CT molecular complexity index is 336. The lowest BCUT2D eigenvalue weighted by atomic mass is 10.2. The highest BCUT2D eigenvalue weighted by molar-refractivity contribution is 5.75. The summed E-state index contributed by atoms with van der Waals surface area (Å²) in [6.07, 6.45) is 1.55. The number of ether oxygens (including phenoxy) is 1. The molecule has 0 aliphatic rings. The lowest BCUT2D eigenvalue weighted by Crippen LogP contribution is -2.15. The molecule has 3 nitrogen and oxygen atoms in total. The Morgan fingerprint density at radius 1 is 1.38 bits per heavy atom. The number of benzene rings is 1. The zero-order valence-corrected chi connectivity index (χ0v) is 9.95. The van der Waals surface area contributed by atoms with E-state index in [1.165, 1.54) is 0 Å². The maximum Gasteiger partial charge on any atom is 0.129 e. The normalized spacial score (nSPS) is 10.1. The summed E-state index contributed by atoms with van der Waals surface area (Å²) in [5, 5.41) is 3.30. The van der Waals surface area contributed by atoms with Gasteiger partial charge < -0.3 is 14.8 Å². The predicted molar refractivity (Wildman–Crippen MR) is 64.6 cm³/mol. The molecule has 0 aliphatic carbocycles. The van der Waals surface area contributed by atoms with E-state index in [4.69, 9.17) is 4.74 Å². The van der Waals surface area contributed by atoms with Gasteiger partial charge in [-0.2, -0.15) is 0 Å². The number of hydrogen-bond acceptors (Lipinski definition) is 3. The zero-order chi connectivity index (χ0) is 11.8. The minimum Gasteiger partial charge on any atom is -0.496 e. The second-order valence-corrected chi connectivity index (χ2v) is 3.79. The number of Topliss-reactive ketones (excluding diaryl/α,β-unsaturated/α-hetero) is 1. The number of rotatable bonds is 7. The van der Waals surface area contributed by atoms with Crippen LogP contribution in [0.3, 0.4) is 0 Å². The van der Waals surface area contributed by atoms with Crippen LogP contribution in [0.2, 0.25) is 0 Å². The Labute approximate surface area is 96.8 Å². The SMILES string of the molecule is COc1ccccc1CNCCCC(C)=O. The Morgan fingerprint density at radius 2 is 2.12 bits per heavy atom. The molecule has 0 radical (unpaired) electrons. The van der Waals surface area contributed by atoms with Gasteiger partial charge in [0, 0.05) is 18.5 Å². The van der Waals surface area contributed by atoms with Gasteiger partial charge in [-0.05, 0) is 26.0 Å². The fourth-order valence-electron chi connectivity index (χ4n) is 1.53. The summed E-state index contributed by atoms with van der Waals surface area (Å²) < 4.78 is 5.25. The summed E-state index contributed by atoms with van der Waals surface area (Å²) in [6, 6.07) is 7.94.